The maximum Gasteiger partial charge on any atom is 0.321 e. The van der Waals surface area contributed by atoms with Crippen molar-refractivity contribution in [1.82, 2.24) is 10.6 Å². The summed E-state index contributed by atoms with van der Waals surface area (Å²) in [4.78, 5) is 35.3. The van der Waals surface area contributed by atoms with Crippen LogP contribution in [0.1, 0.15) is 29.8 Å². The van der Waals surface area contributed by atoms with Gasteiger partial charge in [0.15, 0.2) is 12.4 Å². The van der Waals surface area contributed by atoms with Gasteiger partial charge in [-0.1, -0.05) is 30.3 Å². The molecule has 2 N–H and O–H groups in total. The summed E-state index contributed by atoms with van der Waals surface area (Å²) in [5.74, 6) is -0.207. The van der Waals surface area contributed by atoms with Gasteiger partial charge in [-0.05, 0) is 38.1 Å². The number of carbonyl (C=O) groups excluding carboxylic acids is 3. The van der Waals surface area contributed by atoms with Crippen molar-refractivity contribution in [2.45, 2.75) is 19.9 Å². The molecule has 0 radical (unpaired) electrons. The van der Waals surface area contributed by atoms with Crippen LogP contribution in [0.5, 0.6) is 5.75 Å². The zero-order chi connectivity index (χ0) is 18.2. The molecule has 0 aliphatic rings. The van der Waals surface area contributed by atoms with Crippen LogP contribution >= 0.6 is 0 Å². The molecule has 6 nitrogen and oxygen atoms in total. The van der Waals surface area contributed by atoms with Gasteiger partial charge in [0.1, 0.15) is 5.75 Å². The van der Waals surface area contributed by atoms with E-state index in [4.69, 9.17) is 4.74 Å². The van der Waals surface area contributed by atoms with Gasteiger partial charge in [-0.25, -0.2) is 4.79 Å². The summed E-state index contributed by atoms with van der Waals surface area (Å²) in [7, 11) is 0. The average molecular weight is 340 g/mol. The van der Waals surface area contributed by atoms with Crippen LogP contribution < -0.4 is 15.4 Å². The van der Waals surface area contributed by atoms with Gasteiger partial charge < -0.3 is 10.1 Å². The molecule has 2 aromatic carbocycles. The van der Waals surface area contributed by atoms with Crippen LogP contribution in [-0.4, -0.2) is 30.4 Å². The van der Waals surface area contributed by atoms with Crippen LogP contribution in [0.3, 0.4) is 0 Å². The zero-order valence-corrected chi connectivity index (χ0v) is 14.1. The van der Waals surface area contributed by atoms with Crippen molar-refractivity contribution < 1.29 is 19.1 Å². The lowest BCUT2D eigenvalue weighted by Crippen LogP contribution is -2.44. The van der Waals surface area contributed by atoms with E-state index in [2.05, 4.69) is 10.6 Å². The third kappa shape index (κ3) is 5.76. The first-order valence-corrected chi connectivity index (χ1v) is 7.88. The van der Waals surface area contributed by atoms with Gasteiger partial charge >= 0.3 is 6.03 Å². The molecular weight excluding hydrogens is 320 g/mol. The highest BCUT2D eigenvalue weighted by molar-refractivity contribution is 6.09. The molecule has 0 atom stereocenters. The minimum Gasteiger partial charge on any atom is -0.484 e. The van der Waals surface area contributed by atoms with Gasteiger partial charge in [0.25, 0.3) is 5.91 Å². The molecule has 6 heteroatoms. The van der Waals surface area contributed by atoms with E-state index < -0.39 is 11.9 Å². The number of hydrogen-bond acceptors (Lipinski definition) is 4. The normalized spacial score (nSPS) is 10.2. The SMILES string of the molecule is CC(C)NC(=O)NC(=O)COc1ccc(C(=O)c2ccccc2)cc1. The van der Waals surface area contributed by atoms with Gasteiger partial charge in [0.05, 0.1) is 0 Å². The Morgan fingerprint density at radius 2 is 1.52 bits per heavy atom. The third-order valence-electron chi connectivity index (χ3n) is 3.20. The topological polar surface area (TPSA) is 84.5 Å². The number of imide groups is 1. The number of rotatable bonds is 6. The highest BCUT2D eigenvalue weighted by Gasteiger charge is 2.11. The standard InChI is InChI=1S/C19H20N2O4/c1-13(2)20-19(24)21-17(22)12-25-16-10-8-15(9-11-16)18(23)14-6-4-3-5-7-14/h3-11,13H,12H2,1-2H3,(H2,20,21,22,24). The Morgan fingerprint density at radius 1 is 0.920 bits per heavy atom. The van der Waals surface area contributed by atoms with E-state index in [0.717, 1.165) is 0 Å². The molecule has 2 aromatic rings. The van der Waals surface area contributed by atoms with E-state index >= 15 is 0 Å². The summed E-state index contributed by atoms with van der Waals surface area (Å²) in [6.07, 6.45) is 0. The van der Waals surface area contributed by atoms with E-state index in [0.29, 0.717) is 16.9 Å². The van der Waals surface area contributed by atoms with Gasteiger partial charge in [0.2, 0.25) is 0 Å². The Kier molecular flexibility index (Phi) is 6.28. The second kappa shape index (κ2) is 8.63. The number of urea groups is 1. The number of ketones is 1. The maximum absolute atomic E-state index is 12.3. The largest absolute Gasteiger partial charge is 0.484 e. The second-order valence-electron chi connectivity index (χ2n) is 5.68. The van der Waals surface area contributed by atoms with E-state index in [9.17, 15) is 14.4 Å². The Hall–Kier alpha value is -3.15. The average Bonchev–Trinajstić information content (AvgIpc) is 2.60. The molecule has 0 heterocycles. The summed E-state index contributed by atoms with van der Waals surface area (Å²) in [5.41, 5.74) is 1.13. The van der Waals surface area contributed by atoms with E-state index in [1.807, 2.05) is 6.07 Å². The lowest BCUT2D eigenvalue weighted by Gasteiger charge is -2.10. The first kappa shape index (κ1) is 18.2. The van der Waals surface area contributed by atoms with Crippen molar-refractivity contribution in [3.05, 3.63) is 65.7 Å². The number of benzene rings is 2. The number of hydrogen-bond donors (Lipinski definition) is 2. The van der Waals surface area contributed by atoms with Crippen molar-refractivity contribution in [2.75, 3.05) is 6.61 Å². The minimum absolute atomic E-state index is 0.0663. The molecule has 25 heavy (non-hydrogen) atoms. The maximum atomic E-state index is 12.3. The van der Waals surface area contributed by atoms with Crippen LogP contribution in [0.4, 0.5) is 4.79 Å². The van der Waals surface area contributed by atoms with Gasteiger partial charge in [-0.15, -0.1) is 0 Å². The molecule has 0 aliphatic carbocycles. The number of nitrogens with one attached hydrogen (secondary N) is 2. The molecule has 130 valence electrons. The number of ether oxygens (including phenoxy) is 1. The first-order chi connectivity index (χ1) is 12.0. The Labute approximate surface area is 146 Å². The van der Waals surface area contributed by atoms with Gasteiger partial charge in [0, 0.05) is 17.2 Å². The van der Waals surface area contributed by atoms with Gasteiger partial charge in [-0.2, -0.15) is 0 Å². The van der Waals surface area contributed by atoms with Crippen LogP contribution in [0.15, 0.2) is 54.6 Å². The van der Waals surface area contributed by atoms with Crippen LogP contribution in [0, 0.1) is 0 Å². The van der Waals surface area contributed by atoms with Gasteiger partial charge in [-0.3, -0.25) is 14.9 Å². The molecule has 0 unspecified atom stereocenters. The molecule has 2 rings (SSSR count). The predicted octanol–water partition coefficient (Wildman–Crippen LogP) is 2.53. The summed E-state index contributed by atoms with van der Waals surface area (Å²) in [6.45, 7) is 3.29. The Balaban J connectivity index is 1.87. The van der Waals surface area contributed by atoms with Crippen LogP contribution in [0.25, 0.3) is 0 Å². The molecule has 0 aliphatic heterocycles. The van der Waals surface area contributed by atoms with Crippen LogP contribution in [-0.2, 0) is 4.79 Å². The van der Waals surface area contributed by atoms with Crippen LogP contribution in [0.2, 0.25) is 0 Å². The highest BCUT2D eigenvalue weighted by Crippen LogP contribution is 2.15. The van der Waals surface area contributed by atoms with E-state index in [1.165, 1.54) is 0 Å². The lowest BCUT2D eigenvalue weighted by molar-refractivity contribution is -0.122. The van der Waals surface area contributed by atoms with Crippen molar-refractivity contribution in [3.8, 4) is 5.75 Å². The summed E-state index contributed by atoms with van der Waals surface area (Å²) in [5, 5.41) is 4.71. The quantitative estimate of drug-likeness (QED) is 0.792. The molecule has 0 bridgehead atoms. The molecule has 0 spiro atoms. The molecule has 0 fully saturated rings. The van der Waals surface area contributed by atoms with Crippen molar-refractivity contribution in [2.24, 2.45) is 0 Å². The molecule has 0 saturated carbocycles. The monoisotopic (exact) mass is 340 g/mol. The fraction of sp³-hybridized carbons (Fsp3) is 0.211. The number of amides is 3. The Bertz CT molecular complexity index is 740. The summed E-state index contributed by atoms with van der Waals surface area (Å²) < 4.78 is 5.31. The predicted molar refractivity (Wildman–Crippen MR) is 93.6 cm³/mol. The lowest BCUT2D eigenvalue weighted by atomic mass is 10.0. The summed E-state index contributed by atoms with van der Waals surface area (Å²) in [6, 6.07) is 14.8. The Morgan fingerprint density at radius 3 is 2.12 bits per heavy atom. The minimum atomic E-state index is -0.563. The zero-order valence-electron chi connectivity index (χ0n) is 14.1. The van der Waals surface area contributed by atoms with Crippen molar-refractivity contribution in [3.63, 3.8) is 0 Å². The molecule has 3 amide bonds. The molecular formula is C19H20N2O4. The second-order valence-corrected chi connectivity index (χ2v) is 5.68. The smallest absolute Gasteiger partial charge is 0.321 e. The molecule has 0 saturated heterocycles. The highest BCUT2D eigenvalue weighted by atomic mass is 16.5. The fourth-order valence-corrected chi connectivity index (χ4v) is 2.07. The summed E-state index contributed by atoms with van der Waals surface area (Å²) >= 11 is 0. The third-order valence-corrected chi connectivity index (χ3v) is 3.20. The van der Waals surface area contributed by atoms with E-state index in [-0.39, 0.29) is 18.4 Å². The first-order valence-electron chi connectivity index (χ1n) is 7.88. The van der Waals surface area contributed by atoms with Crippen molar-refractivity contribution >= 4 is 17.7 Å². The van der Waals surface area contributed by atoms with Crippen molar-refractivity contribution in [1.29, 1.82) is 0 Å². The van der Waals surface area contributed by atoms with E-state index in [1.54, 1.807) is 62.4 Å². The number of carbonyl (C=O) groups is 3. The fourth-order valence-electron chi connectivity index (χ4n) is 2.07. The molecule has 0 aromatic heterocycles.